The first-order valence-electron chi connectivity index (χ1n) is 8.32. The Morgan fingerprint density at radius 2 is 1.81 bits per heavy atom. The number of hydrogen-bond donors (Lipinski definition) is 0. The third-order valence-electron chi connectivity index (χ3n) is 4.23. The minimum atomic E-state index is 0.486. The molecular weight excluding hydrogens is 380 g/mol. The highest BCUT2D eigenvalue weighted by molar-refractivity contribution is 7.16. The van der Waals surface area contributed by atoms with Gasteiger partial charge in [-0.1, -0.05) is 35.9 Å². The topological polar surface area (TPSA) is 52.3 Å². The maximum Gasteiger partial charge on any atom is 0.182 e. The van der Waals surface area contributed by atoms with Crippen molar-refractivity contribution < 1.29 is 4.74 Å². The van der Waals surface area contributed by atoms with Gasteiger partial charge in [-0.3, -0.25) is 0 Å². The van der Waals surface area contributed by atoms with Crippen LogP contribution in [0, 0.1) is 0 Å². The maximum absolute atomic E-state index is 5.89. The fourth-order valence-electron chi connectivity index (χ4n) is 2.84. The average molecular weight is 393 g/mol. The van der Waals surface area contributed by atoms with Gasteiger partial charge in [-0.15, -0.1) is 16.4 Å². The lowest BCUT2D eigenvalue weighted by atomic mass is 10.1. The minimum absolute atomic E-state index is 0.486. The summed E-state index contributed by atoms with van der Waals surface area (Å²) in [4.78, 5) is 10.1. The molecule has 2 aromatic carbocycles. The second kappa shape index (κ2) is 6.64. The normalized spacial score (nSPS) is 11.3. The lowest BCUT2D eigenvalue weighted by Crippen LogP contribution is -1.95. The van der Waals surface area contributed by atoms with E-state index < -0.39 is 0 Å². The highest BCUT2D eigenvalue weighted by atomic mass is 35.5. The van der Waals surface area contributed by atoms with Gasteiger partial charge >= 0.3 is 0 Å². The predicted molar refractivity (Wildman–Crippen MR) is 107 cm³/mol. The van der Waals surface area contributed by atoms with Crippen molar-refractivity contribution in [3.63, 3.8) is 0 Å². The molecule has 27 heavy (non-hydrogen) atoms. The molecule has 0 spiro atoms. The maximum atomic E-state index is 5.89. The van der Waals surface area contributed by atoms with Crippen molar-refractivity contribution >= 4 is 38.8 Å². The van der Waals surface area contributed by atoms with Crippen molar-refractivity contribution in [2.24, 2.45) is 0 Å². The number of halogens is 1. The van der Waals surface area contributed by atoms with E-state index in [1.54, 1.807) is 22.2 Å². The molecule has 0 aliphatic rings. The van der Waals surface area contributed by atoms with Crippen molar-refractivity contribution in [1.82, 2.24) is 19.6 Å². The zero-order valence-corrected chi connectivity index (χ0v) is 15.6. The molecular formula is C20H13ClN4OS. The Morgan fingerprint density at radius 3 is 2.63 bits per heavy atom. The van der Waals surface area contributed by atoms with Crippen molar-refractivity contribution in [3.05, 3.63) is 76.9 Å². The second-order valence-corrected chi connectivity index (χ2v) is 7.36. The van der Waals surface area contributed by atoms with Crippen LogP contribution >= 0.6 is 22.9 Å². The first-order valence-corrected chi connectivity index (χ1v) is 9.58. The Labute approximate surface area is 163 Å². The molecule has 0 N–H and O–H groups in total. The molecule has 0 radical (unpaired) electrons. The van der Waals surface area contributed by atoms with Crippen LogP contribution in [0.2, 0.25) is 5.02 Å². The van der Waals surface area contributed by atoms with Crippen molar-refractivity contribution in [1.29, 1.82) is 0 Å². The summed E-state index contributed by atoms with van der Waals surface area (Å²) in [7, 11) is 0. The second-order valence-electron chi connectivity index (χ2n) is 6.03. The summed E-state index contributed by atoms with van der Waals surface area (Å²) in [6, 6.07) is 17.4. The molecule has 5 aromatic rings. The minimum Gasteiger partial charge on any atom is -0.489 e. The smallest absolute Gasteiger partial charge is 0.182 e. The number of hydrogen-bond acceptors (Lipinski definition) is 5. The number of aromatic nitrogens is 4. The van der Waals surface area contributed by atoms with Gasteiger partial charge in [0.15, 0.2) is 11.5 Å². The van der Waals surface area contributed by atoms with Gasteiger partial charge in [0.1, 0.15) is 23.5 Å². The van der Waals surface area contributed by atoms with Gasteiger partial charge in [-0.05, 0) is 41.3 Å². The number of fused-ring (bicyclic) bond motifs is 3. The average Bonchev–Trinajstić information content (AvgIpc) is 3.34. The SMILES string of the molecule is Clc1ccc(OCc2ccc(-c3nc4c5ccsc5ncn4n3)cc2)cc1. The summed E-state index contributed by atoms with van der Waals surface area (Å²) in [6.45, 7) is 0.486. The molecule has 0 fully saturated rings. The van der Waals surface area contributed by atoms with E-state index >= 15 is 0 Å². The van der Waals surface area contributed by atoms with Gasteiger partial charge in [0, 0.05) is 10.6 Å². The Morgan fingerprint density at radius 1 is 1.00 bits per heavy atom. The largest absolute Gasteiger partial charge is 0.489 e. The van der Waals surface area contributed by atoms with E-state index in [1.165, 1.54) is 0 Å². The first kappa shape index (κ1) is 16.2. The molecule has 7 heteroatoms. The molecule has 0 amide bonds. The molecule has 3 aromatic heterocycles. The summed E-state index contributed by atoms with van der Waals surface area (Å²) >= 11 is 7.49. The standard InChI is InChI=1S/C20H13ClN4OS/c21-15-5-7-16(8-6-15)26-11-13-1-3-14(4-2-13)18-23-19-17-9-10-27-20(17)22-12-25(19)24-18/h1-10,12H,11H2. The van der Waals surface area contributed by atoms with Crippen molar-refractivity contribution in [2.45, 2.75) is 6.61 Å². The summed E-state index contributed by atoms with van der Waals surface area (Å²) < 4.78 is 7.50. The molecule has 5 nitrogen and oxygen atoms in total. The molecule has 3 heterocycles. The van der Waals surface area contributed by atoms with E-state index in [2.05, 4.69) is 15.1 Å². The van der Waals surface area contributed by atoms with Crippen LogP contribution in [0.15, 0.2) is 66.3 Å². The van der Waals surface area contributed by atoms with Gasteiger partial charge in [0.2, 0.25) is 0 Å². The number of rotatable bonds is 4. The van der Waals surface area contributed by atoms with Crippen LogP contribution in [0.3, 0.4) is 0 Å². The van der Waals surface area contributed by atoms with Crippen LogP contribution < -0.4 is 4.74 Å². The Bertz CT molecular complexity index is 1230. The molecule has 0 aliphatic heterocycles. The molecule has 0 aliphatic carbocycles. The monoisotopic (exact) mass is 392 g/mol. The third kappa shape index (κ3) is 3.13. The molecule has 0 unspecified atom stereocenters. The van der Waals surface area contributed by atoms with E-state index in [0.717, 1.165) is 32.7 Å². The fraction of sp³-hybridized carbons (Fsp3) is 0.0500. The molecule has 0 saturated carbocycles. The highest BCUT2D eigenvalue weighted by Gasteiger charge is 2.10. The summed E-state index contributed by atoms with van der Waals surface area (Å²) in [5, 5.41) is 8.28. The molecule has 132 valence electrons. The Balaban J connectivity index is 1.38. The fourth-order valence-corrected chi connectivity index (χ4v) is 3.69. The number of nitrogens with zero attached hydrogens (tertiary/aromatic N) is 4. The van der Waals surface area contributed by atoms with Gasteiger partial charge in [-0.2, -0.15) is 0 Å². The van der Waals surface area contributed by atoms with E-state index in [4.69, 9.17) is 16.3 Å². The zero-order valence-electron chi connectivity index (χ0n) is 14.0. The van der Waals surface area contributed by atoms with Crippen LogP contribution in [-0.2, 0) is 6.61 Å². The number of benzene rings is 2. The summed E-state index contributed by atoms with van der Waals surface area (Å²) in [6.07, 6.45) is 1.71. The molecule has 0 bridgehead atoms. The van der Waals surface area contributed by atoms with Gasteiger partial charge in [0.05, 0.1) is 5.39 Å². The van der Waals surface area contributed by atoms with Crippen molar-refractivity contribution in [2.75, 3.05) is 0 Å². The highest BCUT2D eigenvalue weighted by Crippen LogP contribution is 2.24. The van der Waals surface area contributed by atoms with Crippen LogP contribution in [0.1, 0.15) is 5.56 Å². The Hall–Kier alpha value is -2.96. The van der Waals surface area contributed by atoms with Crippen LogP contribution in [-0.4, -0.2) is 19.6 Å². The lowest BCUT2D eigenvalue weighted by molar-refractivity contribution is 0.306. The Kier molecular flexibility index (Phi) is 3.99. The molecule has 0 atom stereocenters. The van der Waals surface area contributed by atoms with Crippen molar-refractivity contribution in [3.8, 4) is 17.1 Å². The predicted octanol–water partition coefficient (Wildman–Crippen LogP) is 5.24. The summed E-state index contributed by atoms with van der Waals surface area (Å²) in [5.74, 6) is 1.47. The van der Waals surface area contributed by atoms with Crippen LogP contribution in [0.5, 0.6) is 5.75 Å². The number of ether oxygens (including phenoxy) is 1. The van der Waals surface area contributed by atoms with E-state index in [1.807, 2.05) is 60.0 Å². The molecule has 5 rings (SSSR count). The van der Waals surface area contributed by atoms with E-state index in [0.29, 0.717) is 17.5 Å². The third-order valence-corrected chi connectivity index (χ3v) is 5.31. The quantitative estimate of drug-likeness (QED) is 0.419. The molecule has 0 saturated heterocycles. The number of thiophene rings is 1. The zero-order chi connectivity index (χ0) is 18.2. The van der Waals surface area contributed by atoms with Crippen LogP contribution in [0.4, 0.5) is 0 Å². The van der Waals surface area contributed by atoms with Gasteiger partial charge in [0.25, 0.3) is 0 Å². The first-order chi connectivity index (χ1) is 13.3. The van der Waals surface area contributed by atoms with Gasteiger partial charge < -0.3 is 4.74 Å². The van der Waals surface area contributed by atoms with Crippen LogP contribution in [0.25, 0.3) is 27.3 Å². The van der Waals surface area contributed by atoms with E-state index in [-0.39, 0.29) is 0 Å². The van der Waals surface area contributed by atoms with Gasteiger partial charge in [-0.25, -0.2) is 14.5 Å². The van der Waals surface area contributed by atoms with E-state index in [9.17, 15) is 0 Å². The summed E-state index contributed by atoms with van der Waals surface area (Å²) in [5.41, 5.74) is 2.85. The lowest BCUT2D eigenvalue weighted by Gasteiger charge is -2.06.